The maximum absolute atomic E-state index is 5.83. The van der Waals surface area contributed by atoms with Crippen LogP contribution >= 0.6 is 0 Å². The van der Waals surface area contributed by atoms with Crippen LogP contribution in [0.2, 0.25) is 0 Å². The summed E-state index contributed by atoms with van der Waals surface area (Å²) in [6.07, 6.45) is 3.79. The maximum Gasteiger partial charge on any atom is 0.0629 e. The van der Waals surface area contributed by atoms with Crippen LogP contribution in [0.25, 0.3) is 0 Å². The topological polar surface area (TPSA) is 15.7 Å². The summed E-state index contributed by atoms with van der Waals surface area (Å²) < 4.78 is 5.83. The monoisotopic (exact) mass is 268 g/mol. The first-order valence-electron chi connectivity index (χ1n) is 8.07. The summed E-state index contributed by atoms with van der Waals surface area (Å²) in [5, 5.41) is 0. The van der Waals surface area contributed by atoms with Crippen molar-refractivity contribution < 1.29 is 4.74 Å². The zero-order valence-corrected chi connectivity index (χ0v) is 13.3. The van der Waals surface area contributed by atoms with Crippen LogP contribution in [0.5, 0.6) is 0 Å². The Morgan fingerprint density at radius 1 is 1.16 bits per heavy atom. The van der Waals surface area contributed by atoms with Crippen molar-refractivity contribution in [1.29, 1.82) is 0 Å². The van der Waals surface area contributed by atoms with Gasteiger partial charge in [0, 0.05) is 32.3 Å². The van der Waals surface area contributed by atoms with E-state index in [-0.39, 0.29) is 5.60 Å². The van der Waals surface area contributed by atoms with E-state index in [1.807, 2.05) is 0 Å². The predicted octanol–water partition coefficient (Wildman–Crippen LogP) is 2.61. The first kappa shape index (κ1) is 15.3. The molecule has 0 aromatic heterocycles. The van der Waals surface area contributed by atoms with Gasteiger partial charge < -0.3 is 9.64 Å². The summed E-state index contributed by atoms with van der Waals surface area (Å²) in [6.45, 7) is 16.4. The molecule has 2 rings (SSSR count). The lowest BCUT2D eigenvalue weighted by Gasteiger charge is -2.37. The van der Waals surface area contributed by atoms with Gasteiger partial charge in [-0.25, -0.2) is 0 Å². The molecule has 1 atom stereocenters. The normalized spacial score (nSPS) is 30.5. The van der Waals surface area contributed by atoms with Crippen LogP contribution in [0.3, 0.4) is 0 Å². The molecule has 2 saturated heterocycles. The van der Waals surface area contributed by atoms with E-state index in [1.165, 1.54) is 52.0 Å². The average molecular weight is 268 g/mol. The molecule has 0 N–H and O–H groups in total. The van der Waals surface area contributed by atoms with E-state index in [2.05, 4.69) is 37.5 Å². The Hall–Kier alpha value is -0.120. The molecule has 3 nitrogen and oxygen atoms in total. The fourth-order valence-corrected chi connectivity index (χ4v) is 3.57. The largest absolute Gasteiger partial charge is 0.376 e. The van der Waals surface area contributed by atoms with Crippen molar-refractivity contribution >= 4 is 0 Å². The zero-order chi connectivity index (χ0) is 13.9. The molecule has 2 aliphatic rings. The molecular weight excluding hydrogens is 236 g/mol. The van der Waals surface area contributed by atoms with Gasteiger partial charge in [-0.3, -0.25) is 4.90 Å². The molecule has 0 spiro atoms. The lowest BCUT2D eigenvalue weighted by Crippen LogP contribution is -2.41. The minimum atomic E-state index is 0.0960. The van der Waals surface area contributed by atoms with Crippen LogP contribution < -0.4 is 0 Å². The number of hydrogen-bond acceptors (Lipinski definition) is 3. The smallest absolute Gasteiger partial charge is 0.0629 e. The van der Waals surface area contributed by atoms with Crippen LogP contribution in [0.15, 0.2) is 0 Å². The fourth-order valence-electron chi connectivity index (χ4n) is 3.57. The molecular formula is C16H32N2O. The summed E-state index contributed by atoms with van der Waals surface area (Å²) in [5.41, 5.74) is 0.0960. The molecule has 0 saturated carbocycles. The van der Waals surface area contributed by atoms with Crippen molar-refractivity contribution in [3.8, 4) is 0 Å². The van der Waals surface area contributed by atoms with Crippen LogP contribution in [-0.2, 0) is 4.74 Å². The lowest BCUT2D eigenvalue weighted by atomic mass is 9.88. The van der Waals surface area contributed by atoms with Crippen LogP contribution in [-0.4, -0.2) is 60.8 Å². The summed E-state index contributed by atoms with van der Waals surface area (Å²) in [7, 11) is 0. The van der Waals surface area contributed by atoms with Crippen molar-refractivity contribution in [1.82, 2.24) is 9.80 Å². The van der Waals surface area contributed by atoms with Crippen molar-refractivity contribution in [3.05, 3.63) is 0 Å². The molecule has 0 amide bonds. The molecule has 112 valence electrons. The van der Waals surface area contributed by atoms with Gasteiger partial charge in [-0.05, 0) is 66.0 Å². The number of rotatable bonds is 3. The van der Waals surface area contributed by atoms with Gasteiger partial charge in [0.2, 0.25) is 0 Å². The van der Waals surface area contributed by atoms with Gasteiger partial charge in [-0.1, -0.05) is 0 Å². The molecule has 0 radical (unpaired) electrons. The first-order chi connectivity index (χ1) is 8.96. The van der Waals surface area contributed by atoms with Gasteiger partial charge in [0.25, 0.3) is 0 Å². The number of hydrogen-bond donors (Lipinski definition) is 0. The predicted molar refractivity (Wildman–Crippen MR) is 80.5 cm³/mol. The standard InChI is InChI=1S/C16H32N2O/c1-14(2)18-8-5-7-17(9-10-18)13-15-6-11-19-16(3,4)12-15/h14-15H,5-13H2,1-4H3/t15-/m0/s1. The zero-order valence-electron chi connectivity index (χ0n) is 13.3. The van der Waals surface area contributed by atoms with Gasteiger partial charge >= 0.3 is 0 Å². The quantitative estimate of drug-likeness (QED) is 0.782. The molecule has 0 unspecified atom stereocenters. The Kier molecular flexibility index (Phi) is 5.27. The van der Waals surface area contributed by atoms with E-state index >= 15 is 0 Å². The average Bonchev–Trinajstić information content (AvgIpc) is 2.53. The number of ether oxygens (including phenoxy) is 1. The highest BCUT2D eigenvalue weighted by Gasteiger charge is 2.30. The Morgan fingerprint density at radius 2 is 1.95 bits per heavy atom. The summed E-state index contributed by atoms with van der Waals surface area (Å²) in [6, 6.07) is 0.696. The van der Waals surface area contributed by atoms with Crippen LogP contribution in [0.4, 0.5) is 0 Å². The van der Waals surface area contributed by atoms with Crippen LogP contribution in [0.1, 0.15) is 47.0 Å². The van der Waals surface area contributed by atoms with E-state index in [4.69, 9.17) is 4.74 Å². The first-order valence-corrected chi connectivity index (χ1v) is 8.07. The SMILES string of the molecule is CC(C)N1CCCN(C[C@H]2CCOC(C)(C)C2)CC1. The second kappa shape index (κ2) is 6.55. The van der Waals surface area contributed by atoms with Crippen LogP contribution in [0, 0.1) is 5.92 Å². The highest BCUT2D eigenvalue weighted by Crippen LogP contribution is 2.29. The third-order valence-corrected chi connectivity index (χ3v) is 4.67. The third-order valence-electron chi connectivity index (χ3n) is 4.67. The Labute approximate surface area is 119 Å². The van der Waals surface area contributed by atoms with Gasteiger partial charge in [0.1, 0.15) is 0 Å². The molecule has 0 aliphatic carbocycles. The van der Waals surface area contributed by atoms with Crippen molar-refractivity contribution in [3.63, 3.8) is 0 Å². The molecule has 0 aromatic carbocycles. The molecule has 0 bridgehead atoms. The molecule has 2 fully saturated rings. The summed E-state index contributed by atoms with van der Waals surface area (Å²) in [4.78, 5) is 5.31. The minimum Gasteiger partial charge on any atom is -0.376 e. The molecule has 19 heavy (non-hydrogen) atoms. The van der Waals surface area contributed by atoms with E-state index in [1.54, 1.807) is 0 Å². The maximum atomic E-state index is 5.83. The van der Waals surface area contributed by atoms with E-state index < -0.39 is 0 Å². The summed E-state index contributed by atoms with van der Waals surface area (Å²) in [5.74, 6) is 0.828. The fraction of sp³-hybridized carbons (Fsp3) is 1.00. The Balaban J connectivity index is 1.79. The van der Waals surface area contributed by atoms with Gasteiger partial charge in [0.05, 0.1) is 5.60 Å². The molecule has 3 heteroatoms. The van der Waals surface area contributed by atoms with E-state index in [9.17, 15) is 0 Å². The van der Waals surface area contributed by atoms with Crippen molar-refractivity contribution in [2.45, 2.75) is 58.6 Å². The molecule has 2 aliphatic heterocycles. The highest BCUT2D eigenvalue weighted by molar-refractivity contribution is 4.82. The van der Waals surface area contributed by atoms with Gasteiger partial charge in [-0.2, -0.15) is 0 Å². The second-order valence-electron chi connectivity index (χ2n) is 7.25. The number of nitrogens with zero attached hydrogens (tertiary/aromatic N) is 2. The Bertz CT molecular complexity index is 278. The Morgan fingerprint density at radius 3 is 2.63 bits per heavy atom. The van der Waals surface area contributed by atoms with E-state index in [0.717, 1.165) is 12.5 Å². The van der Waals surface area contributed by atoms with Crippen molar-refractivity contribution in [2.24, 2.45) is 5.92 Å². The highest BCUT2D eigenvalue weighted by atomic mass is 16.5. The van der Waals surface area contributed by atoms with Gasteiger partial charge in [-0.15, -0.1) is 0 Å². The van der Waals surface area contributed by atoms with Crippen molar-refractivity contribution in [2.75, 3.05) is 39.3 Å². The second-order valence-corrected chi connectivity index (χ2v) is 7.25. The minimum absolute atomic E-state index is 0.0960. The van der Waals surface area contributed by atoms with Gasteiger partial charge in [0.15, 0.2) is 0 Å². The lowest BCUT2D eigenvalue weighted by molar-refractivity contribution is -0.0766. The summed E-state index contributed by atoms with van der Waals surface area (Å²) >= 11 is 0. The van der Waals surface area contributed by atoms with E-state index in [0.29, 0.717) is 6.04 Å². The molecule has 0 aromatic rings. The molecule has 2 heterocycles. The third kappa shape index (κ3) is 4.73.